The first-order valence-corrected chi connectivity index (χ1v) is 7.06. The van der Waals surface area contributed by atoms with E-state index in [1.165, 1.54) is 24.3 Å². The molecule has 1 aromatic rings. The number of hydrogen-bond donors (Lipinski definition) is 2. The topological polar surface area (TPSA) is 86.7 Å². The lowest BCUT2D eigenvalue weighted by atomic mass is 9.81. The van der Waals surface area contributed by atoms with E-state index in [1.807, 2.05) is 0 Å². The van der Waals surface area contributed by atoms with Crippen LogP contribution in [0.3, 0.4) is 0 Å². The highest BCUT2D eigenvalue weighted by Gasteiger charge is 2.49. The van der Waals surface area contributed by atoms with Gasteiger partial charge < -0.3 is 5.11 Å². The Morgan fingerprint density at radius 1 is 1.05 bits per heavy atom. The summed E-state index contributed by atoms with van der Waals surface area (Å²) >= 11 is 0. The standard InChI is InChI=1S/C15H16N2O4/c18-10-7-5-9(6-8-10)13(19)16-17-14(20)11-3-1-2-4-12(11)15(17)21/h5-8,11-12,18H,1-4H2,(H,16,19)/t11-,12-/m1/s1. The molecule has 6 nitrogen and oxygen atoms in total. The Labute approximate surface area is 121 Å². The molecule has 6 heteroatoms. The predicted molar refractivity (Wildman–Crippen MR) is 72.9 cm³/mol. The van der Waals surface area contributed by atoms with Crippen molar-refractivity contribution in [3.05, 3.63) is 29.8 Å². The van der Waals surface area contributed by atoms with E-state index in [0.29, 0.717) is 12.8 Å². The molecule has 0 aromatic heterocycles. The second-order valence-electron chi connectivity index (χ2n) is 5.50. The number of aromatic hydroxyl groups is 1. The Hall–Kier alpha value is -2.37. The quantitative estimate of drug-likeness (QED) is 0.801. The van der Waals surface area contributed by atoms with Crippen LogP contribution < -0.4 is 5.43 Å². The molecule has 2 fully saturated rings. The average molecular weight is 288 g/mol. The summed E-state index contributed by atoms with van der Waals surface area (Å²) in [5, 5.41) is 10.1. The highest BCUT2D eigenvalue weighted by atomic mass is 16.3. The van der Waals surface area contributed by atoms with Gasteiger partial charge >= 0.3 is 0 Å². The van der Waals surface area contributed by atoms with E-state index >= 15 is 0 Å². The SMILES string of the molecule is O=C(NN1C(=O)[C@@H]2CCCC[C@H]2C1=O)c1ccc(O)cc1. The van der Waals surface area contributed by atoms with Gasteiger partial charge in [0.1, 0.15) is 5.75 Å². The fraction of sp³-hybridized carbons (Fsp3) is 0.400. The van der Waals surface area contributed by atoms with E-state index in [9.17, 15) is 19.5 Å². The molecule has 1 saturated heterocycles. The Morgan fingerprint density at radius 3 is 2.10 bits per heavy atom. The molecule has 0 radical (unpaired) electrons. The van der Waals surface area contributed by atoms with Crippen LogP contribution in [-0.4, -0.2) is 27.8 Å². The molecule has 3 amide bonds. The van der Waals surface area contributed by atoms with Crippen molar-refractivity contribution in [1.82, 2.24) is 10.4 Å². The van der Waals surface area contributed by atoms with E-state index in [4.69, 9.17) is 0 Å². The van der Waals surface area contributed by atoms with Gasteiger partial charge in [-0.05, 0) is 37.1 Å². The first kappa shape index (κ1) is 13.6. The van der Waals surface area contributed by atoms with E-state index in [0.717, 1.165) is 17.9 Å². The molecule has 21 heavy (non-hydrogen) atoms. The average Bonchev–Trinajstić information content (AvgIpc) is 2.73. The lowest BCUT2D eigenvalue weighted by Gasteiger charge is -2.19. The molecular weight excluding hydrogens is 272 g/mol. The lowest BCUT2D eigenvalue weighted by molar-refractivity contribution is -0.142. The van der Waals surface area contributed by atoms with Gasteiger partial charge in [-0.3, -0.25) is 19.8 Å². The maximum atomic E-state index is 12.2. The molecule has 1 aliphatic carbocycles. The summed E-state index contributed by atoms with van der Waals surface area (Å²) in [6.07, 6.45) is 3.31. The summed E-state index contributed by atoms with van der Waals surface area (Å²) in [6.45, 7) is 0. The van der Waals surface area contributed by atoms with Crippen molar-refractivity contribution in [3.8, 4) is 5.75 Å². The highest BCUT2D eigenvalue weighted by molar-refractivity contribution is 6.07. The number of nitrogens with zero attached hydrogens (tertiary/aromatic N) is 1. The zero-order chi connectivity index (χ0) is 15.0. The molecule has 110 valence electrons. The third-order valence-corrected chi connectivity index (χ3v) is 4.18. The predicted octanol–water partition coefficient (Wildman–Crippen LogP) is 1.21. The van der Waals surface area contributed by atoms with Crippen LogP contribution in [-0.2, 0) is 9.59 Å². The number of phenolic OH excluding ortho intramolecular Hbond substituents is 1. The normalized spacial score (nSPS) is 24.9. The molecule has 1 aromatic carbocycles. The Kier molecular flexibility index (Phi) is 3.37. The van der Waals surface area contributed by atoms with E-state index in [2.05, 4.69) is 5.43 Å². The van der Waals surface area contributed by atoms with Gasteiger partial charge in [-0.25, -0.2) is 0 Å². The van der Waals surface area contributed by atoms with Gasteiger partial charge in [-0.2, -0.15) is 5.01 Å². The summed E-state index contributed by atoms with van der Waals surface area (Å²) in [4.78, 5) is 36.5. The van der Waals surface area contributed by atoms with Crippen molar-refractivity contribution >= 4 is 17.7 Å². The summed E-state index contributed by atoms with van der Waals surface area (Å²) in [5.41, 5.74) is 2.67. The number of amides is 3. The molecular formula is C15H16N2O4. The number of fused-ring (bicyclic) bond motifs is 1. The Morgan fingerprint density at radius 2 is 1.57 bits per heavy atom. The molecule has 1 saturated carbocycles. The van der Waals surface area contributed by atoms with Gasteiger partial charge in [0.25, 0.3) is 17.7 Å². The second kappa shape index (κ2) is 5.20. The van der Waals surface area contributed by atoms with Gasteiger partial charge in [0.2, 0.25) is 0 Å². The van der Waals surface area contributed by atoms with Crippen LogP contribution in [0.15, 0.2) is 24.3 Å². The van der Waals surface area contributed by atoms with Crippen molar-refractivity contribution in [2.24, 2.45) is 11.8 Å². The number of benzene rings is 1. The van der Waals surface area contributed by atoms with Crippen molar-refractivity contribution in [2.45, 2.75) is 25.7 Å². The Balaban J connectivity index is 1.75. The third-order valence-electron chi connectivity index (χ3n) is 4.18. The number of hydrazine groups is 1. The molecule has 1 heterocycles. The maximum Gasteiger partial charge on any atom is 0.270 e. The molecule has 2 atom stereocenters. The summed E-state index contributed by atoms with van der Waals surface area (Å²) in [6, 6.07) is 5.62. The monoisotopic (exact) mass is 288 g/mol. The molecule has 0 bridgehead atoms. The van der Waals surface area contributed by atoms with Gasteiger partial charge in [0, 0.05) is 5.56 Å². The number of carbonyl (C=O) groups excluding carboxylic acids is 3. The largest absolute Gasteiger partial charge is 0.508 e. The number of hydrogen-bond acceptors (Lipinski definition) is 4. The van der Waals surface area contributed by atoms with Crippen LogP contribution in [0.1, 0.15) is 36.0 Å². The van der Waals surface area contributed by atoms with Gasteiger partial charge in [0.15, 0.2) is 0 Å². The summed E-state index contributed by atoms with van der Waals surface area (Å²) < 4.78 is 0. The highest BCUT2D eigenvalue weighted by Crippen LogP contribution is 2.37. The van der Waals surface area contributed by atoms with Crippen LogP contribution >= 0.6 is 0 Å². The molecule has 0 unspecified atom stereocenters. The molecule has 2 aliphatic rings. The first-order chi connectivity index (χ1) is 10.1. The zero-order valence-corrected chi connectivity index (χ0v) is 11.4. The maximum absolute atomic E-state index is 12.2. The fourth-order valence-corrected chi connectivity index (χ4v) is 3.05. The number of rotatable bonds is 2. The number of carbonyl (C=O) groups is 3. The van der Waals surface area contributed by atoms with E-state index < -0.39 is 5.91 Å². The summed E-state index contributed by atoms with van der Waals surface area (Å²) in [5.74, 6) is -1.67. The van der Waals surface area contributed by atoms with Crippen LogP contribution in [0, 0.1) is 11.8 Å². The fourth-order valence-electron chi connectivity index (χ4n) is 3.05. The van der Waals surface area contributed by atoms with Crippen molar-refractivity contribution in [2.75, 3.05) is 0 Å². The van der Waals surface area contributed by atoms with Crippen molar-refractivity contribution in [1.29, 1.82) is 0 Å². The van der Waals surface area contributed by atoms with Gasteiger partial charge in [0.05, 0.1) is 11.8 Å². The van der Waals surface area contributed by atoms with Crippen LogP contribution in [0.4, 0.5) is 0 Å². The van der Waals surface area contributed by atoms with Gasteiger partial charge in [-0.15, -0.1) is 0 Å². The number of imide groups is 1. The van der Waals surface area contributed by atoms with Crippen LogP contribution in [0.5, 0.6) is 5.75 Å². The zero-order valence-electron chi connectivity index (χ0n) is 11.4. The molecule has 3 rings (SSSR count). The first-order valence-electron chi connectivity index (χ1n) is 7.06. The number of nitrogens with one attached hydrogen (secondary N) is 1. The molecule has 1 aliphatic heterocycles. The van der Waals surface area contributed by atoms with Crippen molar-refractivity contribution in [3.63, 3.8) is 0 Å². The minimum atomic E-state index is -0.532. The third kappa shape index (κ3) is 2.37. The minimum Gasteiger partial charge on any atom is -0.508 e. The Bertz CT molecular complexity index is 572. The lowest BCUT2D eigenvalue weighted by Crippen LogP contribution is -2.46. The van der Waals surface area contributed by atoms with E-state index in [-0.39, 0.29) is 35.0 Å². The van der Waals surface area contributed by atoms with Gasteiger partial charge in [-0.1, -0.05) is 12.8 Å². The van der Waals surface area contributed by atoms with Crippen molar-refractivity contribution < 1.29 is 19.5 Å². The smallest absolute Gasteiger partial charge is 0.270 e. The molecule has 0 spiro atoms. The minimum absolute atomic E-state index is 0.0471. The van der Waals surface area contributed by atoms with Crippen LogP contribution in [0.25, 0.3) is 0 Å². The second-order valence-corrected chi connectivity index (χ2v) is 5.50. The number of phenols is 1. The molecule has 2 N–H and O–H groups in total. The van der Waals surface area contributed by atoms with Crippen LogP contribution in [0.2, 0.25) is 0 Å². The summed E-state index contributed by atoms with van der Waals surface area (Å²) in [7, 11) is 0. The van der Waals surface area contributed by atoms with E-state index in [1.54, 1.807) is 0 Å².